The number of halogens is 3. The number of esters is 1. The largest absolute Gasteiger partial charge is 0.462 e. The van der Waals surface area contributed by atoms with E-state index in [1.807, 2.05) is 22.6 Å². The molecule has 0 radical (unpaired) electrons. The molecule has 2 nitrogen and oxygen atoms in total. The average Bonchev–Trinajstić information content (AvgIpc) is 2.52. The summed E-state index contributed by atoms with van der Waals surface area (Å²) in [5, 5.41) is 0. The monoisotopic (exact) mass is 460 g/mol. The molecule has 0 aromatic rings. The molecular formula is C19H35F2IO2. The van der Waals surface area contributed by atoms with Crippen LogP contribution >= 0.6 is 22.6 Å². The molecule has 0 rings (SSSR count). The minimum Gasteiger partial charge on any atom is -0.462 e. The second-order valence-corrected chi connectivity index (χ2v) is 8.31. The molecule has 0 heterocycles. The predicted octanol–water partition coefficient (Wildman–Crippen LogP) is 7.08. The quantitative estimate of drug-likeness (QED) is 0.107. The first-order chi connectivity index (χ1) is 11.4. The summed E-state index contributed by atoms with van der Waals surface area (Å²) in [5.41, 5.74) is 0. The highest BCUT2D eigenvalue weighted by Gasteiger charge is 2.41. The van der Waals surface area contributed by atoms with Crippen molar-refractivity contribution in [3.63, 3.8) is 0 Å². The van der Waals surface area contributed by atoms with Gasteiger partial charge < -0.3 is 4.74 Å². The van der Waals surface area contributed by atoms with Crippen LogP contribution in [-0.2, 0) is 9.53 Å². The Hall–Kier alpha value is 0.0600. The molecule has 144 valence electrons. The lowest BCUT2D eigenvalue weighted by Crippen LogP contribution is -2.33. The zero-order chi connectivity index (χ0) is 18.3. The van der Waals surface area contributed by atoms with E-state index >= 15 is 0 Å². The third-order valence-corrected chi connectivity index (χ3v) is 5.24. The molecule has 0 aliphatic carbocycles. The molecule has 0 aromatic carbocycles. The first-order valence-electron chi connectivity index (χ1n) is 9.63. The average molecular weight is 460 g/mol. The van der Waals surface area contributed by atoms with Crippen molar-refractivity contribution < 1.29 is 18.3 Å². The number of carbonyl (C=O) groups is 1. The van der Waals surface area contributed by atoms with Gasteiger partial charge in [-0.15, -0.1) is 0 Å². The van der Waals surface area contributed by atoms with Crippen LogP contribution in [-0.4, -0.2) is 22.4 Å². The van der Waals surface area contributed by atoms with Crippen molar-refractivity contribution in [1.29, 1.82) is 0 Å². The van der Waals surface area contributed by atoms with Crippen molar-refractivity contribution in [3.8, 4) is 0 Å². The molecule has 1 atom stereocenters. The second kappa shape index (κ2) is 15.3. The number of hydrogen-bond acceptors (Lipinski definition) is 2. The summed E-state index contributed by atoms with van der Waals surface area (Å²) in [6, 6.07) is 0. The Labute approximate surface area is 160 Å². The van der Waals surface area contributed by atoms with E-state index in [1.54, 1.807) is 6.92 Å². The van der Waals surface area contributed by atoms with Gasteiger partial charge in [-0.05, 0) is 13.3 Å². The predicted molar refractivity (Wildman–Crippen MR) is 105 cm³/mol. The molecule has 0 N–H and O–H groups in total. The van der Waals surface area contributed by atoms with E-state index in [9.17, 15) is 13.6 Å². The van der Waals surface area contributed by atoms with Gasteiger partial charge in [0, 0.05) is 10.3 Å². The van der Waals surface area contributed by atoms with Gasteiger partial charge in [-0.2, -0.15) is 8.78 Å². The molecule has 0 aliphatic rings. The van der Waals surface area contributed by atoms with E-state index in [2.05, 4.69) is 11.7 Å². The Kier molecular flexibility index (Phi) is 15.4. The zero-order valence-electron chi connectivity index (χ0n) is 15.4. The van der Waals surface area contributed by atoms with Gasteiger partial charge in [-0.3, -0.25) is 0 Å². The Morgan fingerprint density at radius 2 is 1.38 bits per heavy atom. The Morgan fingerprint density at radius 3 is 1.83 bits per heavy atom. The first kappa shape index (κ1) is 24.1. The van der Waals surface area contributed by atoms with Gasteiger partial charge >= 0.3 is 11.9 Å². The molecule has 0 amide bonds. The van der Waals surface area contributed by atoms with Gasteiger partial charge in [0.25, 0.3) is 0 Å². The topological polar surface area (TPSA) is 26.3 Å². The van der Waals surface area contributed by atoms with Gasteiger partial charge in [0.15, 0.2) is 0 Å². The fraction of sp³-hybridized carbons (Fsp3) is 0.947. The van der Waals surface area contributed by atoms with Crippen LogP contribution in [0.1, 0.15) is 97.3 Å². The van der Waals surface area contributed by atoms with Crippen molar-refractivity contribution >= 4 is 28.6 Å². The number of carbonyl (C=O) groups excluding carboxylic acids is 1. The Morgan fingerprint density at radius 1 is 0.917 bits per heavy atom. The molecule has 0 bridgehead atoms. The maximum absolute atomic E-state index is 13.6. The molecule has 0 aliphatic heterocycles. The van der Waals surface area contributed by atoms with Gasteiger partial charge in [0.05, 0.1) is 6.61 Å². The fourth-order valence-electron chi connectivity index (χ4n) is 2.73. The number of hydrogen-bond donors (Lipinski definition) is 0. The van der Waals surface area contributed by atoms with Crippen molar-refractivity contribution in [2.24, 2.45) is 0 Å². The van der Waals surface area contributed by atoms with E-state index in [-0.39, 0.29) is 10.5 Å². The fourth-order valence-corrected chi connectivity index (χ4v) is 3.72. The van der Waals surface area contributed by atoms with E-state index in [0.717, 1.165) is 19.3 Å². The van der Waals surface area contributed by atoms with E-state index in [0.29, 0.717) is 0 Å². The van der Waals surface area contributed by atoms with Crippen LogP contribution in [0.5, 0.6) is 0 Å². The highest BCUT2D eigenvalue weighted by atomic mass is 127. The van der Waals surface area contributed by atoms with Gasteiger partial charge in [-0.1, -0.05) is 100 Å². The summed E-state index contributed by atoms with van der Waals surface area (Å²) >= 11 is 2.03. The van der Waals surface area contributed by atoms with Crippen LogP contribution < -0.4 is 0 Å². The highest BCUT2D eigenvalue weighted by Crippen LogP contribution is 2.28. The third kappa shape index (κ3) is 13.4. The lowest BCUT2D eigenvalue weighted by atomic mass is 10.0. The summed E-state index contributed by atoms with van der Waals surface area (Å²) in [7, 11) is 0. The van der Waals surface area contributed by atoms with Gasteiger partial charge in [0.1, 0.15) is 0 Å². The van der Waals surface area contributed by atoms with Crippen LogP contribution in [0.2, 0.25) is 0 Å². The third-order valence-electron chi connectivity index (χ3n) is 4.17. The van der Waals surface area contributed by atoms with Crippen molar-refractivity contribution in [2.45, 2.75) is 107 Å². The van der Waals surface area contributed by atoms with E-state index in [4.69, 9.17) is 0 Å². The van der Waals surface area contributed by atoms with E-state index < -0.39 is 18.3 Å². The molecular weight excluding hydrogens is 425 g/mol. The Bertz CT molecular complexity index is 312. The first-order valence-corrected chi connectivity index (χ1v) is 10.9. The summed E-state index contributed by atoms with van der Waals surface area (Å²) in [5.74, 6) is -4.73. The van der Waals surface area contributed by atoms with Gasteiger partial charge in [-0.25, -0.2) is 4.79 Å². The second-order valence-electron chi connectivity index (χ2n) is 6.55. The molecule has 5 heteroatoms. The molecule has 0 saturated carbocycles. The van der Waals surface area contributed by atoms with Gasteiger partial charge in [0.2, 0.25) is 0 Å². The number of alkyl halides is 3. The van der Waals surface area contributed by atoms with Crippen LogP contribution in [0.3, 0.4) is 0 Å². The molecule has 0 fully saturated rings. The minimum absolute atomic E-state index is 0.00105. The number of ether oxygens (including phenoxy) is 1. The molecule has 1 unspecified atom stereocenters. The molecule has 0 spiro atoms. The molecule has 0 aromatic heterocycles. The zero-order valence-corrected chi connectivity index (χ0v) is 17.6. The van der Waals surface area contributed by atoms with Crippen LogP contribution in [0.15, 0.2) is 0 Å². The number of rotatable bonds is 16. The lowest BCUT2D eigenvalue weighted by Gasteiger charge is -2.18. The minimum atomic E-state index is -3.35. The maximum atomic E-state index is 13.6. The van der Waals surface area contributed by atoms with Crippen LogP contribution in [0, 0.1) is 0 Å². The van der Waals surface area contributed by atoms with Crippen molar-refractivity contribution in [2.75, 3.05) is 6.61 Å². The smallest absolute Gasteiger partial charge is 0.377 e. The summed E-state index contributed by atoms with van der Waals surface area (Å²) in [6.45, 7) is 3.78. The Balaban J connectivity index is 3.52. The number of unbranched alkanes of at least 4 members (excludes halogenated alkanes) is 10. The normalized spacial score (nSPS) is 13.0. The highest BCUT2D eigenvalue weighted by molar-refractivity contribution is 14.1. The molecule has 24 heavy (non-hydrogen) atoms. The standard InChI is InChI=1S/C19H35F2IO2/c1-3-5-6-7-8-9-10-11-12-13-14-15-17(22)16-19(20,21)18(23)24-4-2/h17H,3-16H2,1-2H3. The lowest BCUT2D eigenvalue weighted by molar-refractivity contribution is -0.172. The SMILES string of the molecule is CCCCCCCCCCCCCC(I)CC(F)(F)C(=O)OCC. The summed E-state index contributed by atoms with van der Waals surface area (Å²) in [6.07, 6.45) is 14.2. The van der Waals surface area contributed by atoms with Crippen molar-refractivity contribution in [1.82, 2.24) is 0 Å². The van der Waals surface area contributed by atoms with Crippen LogP contribution in [0.4, 0.5) is 8.78 Å². The maximum Gasteiger partial charge on any atom is 0.377 e. The van der Waals surface area contributed by atoms with E-state index in [1.165, 1.54) is 57.8 Å². The summed E-state index contributed by atoms with van der Waals surface area (Å²) in [4.78, 5) is 11.2. The molecule has 0 saturated heterocycles. The summed E-state index contributed by atoms with van der Waals surface area (Å²) < 4.78 is 31.4. The van der Waals surface area contributed by atoms with Crippen LogP contribution in [0.25, 0.3) is 0 Å². The van der Waals surface area contributed by atoms with Crippen molar-refractivity contribution in [3.05, 3.63) is 0 Å².